The maximum absolute atomic E-state index is 12.8. The van der Waals surface area contributed by atoms with Gasteiger partial charge < -0.3 is 10.1 Å². The average molecular weight is 453 g/mol. The molecule has 0 aromatic heterocycles. The predicted octanol–water partition coefficient (Wildman–Crippen LogP) is 3.93. The third-order valence-corrected chi connectivity index (χ3v) is 5.84. The maximum Gasteiger partial charge on any atom is 0.338 e. The van der Waals surface area contributed by atoms with Gasteiger partial charge in [0.25, 0.3) is 0 Å². The van der Waals surface area contributed by atoms with Gasteiger partial charge in [-0.2, -0.15) is 0 Å². The van der Waals surface area contributed by atoms with Crippen LogP contribution >= 0.6 is 11.6 Å². The number of halogens is 1. The first-order valence-electron chi connectivity index (χ1n) is 9.29. The van der Waals surface area contributed by atoms with E-state index in [2.05, 4.69) is 5.32 Å². The predicted molar refractivity (Wildman–Crippen MR) is 119 cm³/mol. The van der Waals surface area contributed by atoms with Crippen LogP contribution in [0.25, 0.3) is 0 Å². The third kappa shape index (κ3) is 5.73. The van der Waals surface area contributed by atoms with Crippen molar-refractivity contribution < 1.29 is 22.7 Å². The lowest BCUT2D eigenvalue weighted by Crippen LogP contribution is -2.45. The summed E-state index contributed by atoms with van der Waals surface area (Å²) in [5.41, 5.74) is 2.67. The number of ether oxygens (including phenoxy) is 1. The fourth-order valence-electron chi connectivity index (χ4n) is 3.08. The van der Waals surface area contributed by atoms with Gasteiger partial charge in [-0.05, 0) is 69.2 Å². The molecule has 0 aliphatic heterocycles. The van der Waals surface area contributed by atoms with Gasteiger partial charge >= 0.3 is 5.97 Å². The van der Waals surface area contributed by atoms with Gasteiger partial charge in [-0.3, -0.25) is 9.10 Å². The van der Waals surface area contributed by atoms with Crippen molar-refractivity contribution in [3.8, 4) is 0 Å². The number of nitrogens with zero attached hydrogens (tertiary/aromatic N) is 1. The van der Waals surface area contributed by atoms with Gasteiger partial charge in [-0.15, -0.1) is 0 Å². The summed E-state index contributed by atoms with van der Waals surface area (Å²) in [4.78, 5) is 24.7. The first-order valence-corrected chi connectivity index (χ1v) is 11.5. The first-order chi connectivity index (χ1) is 13.9. The fourth-order valence-corrected chi connectivity index (χ4v) is 4.47. The lowest BCUT2D eigenvalue weighted by Gasteiger charge is -2.29. The van der Waals surface area contributed by atoms with Crippen molar-refractivity contribution in [2.24, 2.45) is 0 Å². The van der Waals surface area contributed by atoms with Crippen molar-refractivity contribution >= 4 is 44.9 Å². The van der Waals surface area contributed by atoms with E-state index in [-0.39, 0.29) is 22.9 Å². The van der Waals surface area contributed by atoms with E-state index in [1.807, 2.05) is 19.9 Å². The van der Waals surface area contributed by atoms with Gasteiger partial charge in [-0.1, -0.05) is 17.7 Å². The standard InChI is InChI=1S/C21H25ClN2O5S/c1-6-29-21(26)16-7-8-19(18(22)12-16)23-20(25)15(4)24(30(5,27)28)17-10-13(2)9-14(3)11-17/h7-12,15H,6H2,1-5H3,(H,23,25)/t15-/m1/s1. The Morgan fingerprint density at radius 3 is 2.23 bits per heavy atom. The molecule has 2 aromatic carbocycles. The van der Waals surface area contributed by atoms with Gasteiger partial charge in [0.05, 0.1) is 34.8 Å². The van der Waals surface area contributed by atoms with Crippen LogP contribution in [0.1, 0.15) is 35.3 Å². The maximum atomic E-state index is 12.8. The lowest BCUT2D eigenvalue weighted by molar-refractivity contribution is -0.116. The molecule has 0 aliphatic rings. The summed E-state index contributed by atoms with van der Waals surface area (Å²) in [5, 5.41) is 2.77. The van der Waals surface area contributed by atoms with Gasteiger partial charge in [0.2, 0.25) is 15.9 Å². The number of hydrogen-bond acceptors (Lipinski definition) is 5. The van der Waals surface area contributed by atoms with Gasteiger partial charge in [0.1, 0.15) is 6.04 Å². The second-order valence-electron chi connectivity index (χ2n) is 6.99. The number of anilines is 2. The van der Waals surface area contributed by atoms with Crippen LogP contribution in [-0.2, 0) is 19.6 Å². The Morgan fingerprint density at radius 1 is 1.13 bits per heavy atom. The number of carbonyl (C=O) groups is 2. The molecule has 0 saturated carbocycles. The van der Waals surface area contributed by atoms with E-state index in [1.165, 1.54) is 25.1 Å². The van der Waals surface area contributed by atoms with Crippen molar-refractivity contribution in [1.29, 1.82) is 0 Å². The highest BCUT2D eigenvalue weighted by Crippen LogP contribution is 2.27. The number of sulfonamides is 1. The Morgan fingerprint density at radius 2 is 1.73 bits per heavy atom. The van der Waals surface area contributed by atoms with E-state index in [4.69, 9.17) is 16.3 Å². The van der Waals surface area contributed by atoms with Gasteiger partial charge in [0.15, 0.2) is 0 Å². The lowest BCUT2D eigenvalue weighted by atomic mass is 10.1. The van der Waals surface area contributed by atoms with Crippen LogP contribution in [0.2, 0.25) is 5.02 Å². The number of rotatable bonds is 7. The minimum absolute atomic E-state index is 0.137. The van der Waals surface area contributed by atoms with Crippen LogP contribution in [0.5, 0.6) is 0 Å². The monoisotopic (exact) mass is 452 g/mol. The zero-order valence-corrected chi connectivity index (χ0v) is 19.1. The Kier molecular flexibility index (Phi) is 7.49. The molecule has 0 fully saturated rings. The summed E-state index contributed by atoms with van der Waals surface area (Å²) in [6.45, 7) is 7.12. The molecule has 0 saturated heterocycles. The second-order valence-corrected chi connectivity index (χ2v) is 9.25. The molecule has 2 rings (SSSR count). The molecule has 0 spiro atoms. The molecule has 0 bridgehead atoms. The van der Waals surface area contributed by atoms with Crippen LogP contribution in [0.15, 0.2) is 36.4 Å². The van der Waals surface area contributed by atoms with E-state index < -0.39 is 27.9 Å². The molecule has 162 valence electrons. The average Bonchev–Trinajstić information content (AvgIpc) is 2.61. The van der Waals surface area contributed by atoms with Gasteiger partial charge in [-0.25, -0.2) is 13.2 Å². The van der Waals surface area contributed by atoms with E-state index in [0.29, 0.717) is 5.69 Å². The number of nitrogens with one attached hydrogen (secondary N) is 1. The topological polar surface area (TPSA) is 92.8 Å². The SMILES string of the molecule is CCOC(=O)c1ccc(NC(=O)[C@@H](C)N(c2cc(C)cc(C)c2)S(C)(=O)=O)c(Cl)c1. The number of carbonyl (C=O) groups excluding carboxylic acids is 2. The molecule has 1 amide bonds. The van der Waals surface area contributed by atoms with E-state index in [9.17, 15) is 18.0 Å². The summed E-state index contributed by atoms with van der Waals surface area (Å²) in [6, 6.07) is 8.63. The van der Waals surface area contributed by atoms with E-state index in [0.717, 1.165) is 21.7 Å². The highest BCUT2D eigenvalue weighted by atomic mass is 35.5. The van der Waals surface area contributed by atoms with E-state index in [1.54, 1.807) is 19.1 Å². The molecule has 1 N–H and O–H groups in total. The molecular weight excluding hydrogens is 428 g/mol. The molecule has 9 heteroatoms. The van der Waals surface area contributed by atoms with Gasteiger partial charge in [0, 0.05) is 0 Å². The van der Waals surface area contributed by atoms with Crippen molar-refractivity contribution in [3.63, 3.8) is 0 Å². The Hall–Kier alpha value is -2.58. The van der Waals surface area contributed by atoms with Crippen molar-refractivity contribution in [2.45, 2.75) is 33.7 Å². The number of benzene rings is 2. The zero-order valence-electron chi connectivity index (χ0n) is 17.5. The van der Waals surface area contributed by atoms with Crippen molar-refractivity contribution in [2.75, 3.05) is 22.5 Å². The highest BCUT2D eigenvalue weighted by molar-refractivity contribution is 7.92. The smallest absolute Gasteiger partial charge is 0.338 e. The molecule has 0 radical (unpaired) electrons. The van der Waals surface area contributed by atoms with E-state index >= 15 is 0 Å². The van der Waals surface area contributed by atoms with Crippen LogP contribution in [0.3, 0.4) is 0 Å². The van der Waals surface area contributed by atoms with Crippen LogP contribution in [0, 0.1) is 13.8 Å². The molecule has 0 heterocycles. The summed E-state index contributed by atoms with van der Waals surface area (Å²) < 4.78 is 30.9. The molecular formula is C21H25ClN2O5S. The zero-order chi connectivity index (χ0) is 22.6. The summed E-state index contributed by atoms with van der Waals surface area (Å²) in [6.07, 6.45) is 1.05. The normalized spacial score (nSPS) is 12.2. The van der Waals surface area contributed by atoms with Crippen LogP contribution in [0.4, 0.5) is 11.4 Å². The molecule has 0 aliphatic carbocycles. The van der Waals surface area contributed by atoms with Crippen molar-refractivity contribution in [1.82, 2.24) is 0 Å². The minimum Gasteiger partial charge on any atom is -0.462 e. The second kappa shape index (κ2) is 9.49. The van der Waals surface area contributed by atoms with Crippen molar-refractivity contribution in [3.05, 3.63) is 58.1 Å². The highest BCUT2D eigenvalue weighted by Gasteiger charge is 2.30. The summed E-state index contributed by atoms with van der Waals surface area (Å²) in [7, 11) is -3.74. The summed E-state index contributed by atoms with van der Waals surface area (Å²) >= 11 is 6.20. The third-order valence-electron chi connectivity index (χ3n) is 4.29. The largest absolute Gasteiger partial charge is 0.462 e. The van der Waals surface area contributed by atoms with Crippen LogP contribution in [-0.4, -0.2) is 39.2 Å². The fraction of sp³-hybridized carbons (Fsp3) is 0.333. The number of hydrogen-bond donors (Lipinski definition) is 1. The first kappa shape index (κ1) is 23.7. The Balaban J connectivity index is 2.31. The molecule has 7 nitrogen and oxygen atoms in total. The molecule has 1 atom stereocenters. The molecule has 30 heavy (non-hydrogen) atoms. The summed E-state index contributed by atoms with van der Waals surface area (Å²) in [5.74, 6) is -1.09. The quantitative estimate of drug-likeness (QED) is 0.642. The number of esters is 1. The number of amides is 1. The number of aryl methyl sites for hydroxylation is 2. The molecule has 0 unspecified atom stereocenters. The Bertz CT molecular complexity index is 1050. The molecule has 2 aromatic rings. The minimum atomic E-state index is -3.74. The van der Waals surface area contributed by atoms with Crippen LogP contribution < -0.4 is 9.62 Å². The Labute approximate surface area is 182 Å².